The first-order valence-corrected chi connectivity index (χ1v) is 7.73. The Morgan fingerprint density at radius 3 is 2.74 bits per heavy atom. The third-order valence-electron chi connectivity index (χ3n) is 5.02. The van der Waals surface area contributed by atoms with Gasteiger partial charge in [-0.2, -0.15) is 5.10 Å². The average molecular weight is 283 g/mol. The van der Waals surface area contributed by atoms with Crippen molar-refractivity contribution in [3.05, 3.63) is 16.4 Å². The SMILES string of the molecule is CCn1nc(C)c(Cl)c1CC(NN)C1C2CCCC21. The van der Waals surface area contributed by atoms with E-state index in [9.17, 15) is 0 Å². The number of hydrogen-bond acceptors (Lipinski definition) is 3. The van der Waals surface area contributed by atoms with Crippen LogP contribution in [0.2, 0.25) is 5.02 Å². The minimum Gasteiger partial charge on any atom is -0.271 e. The number of rotatable bonds is 5. The van der Waals surface area contributed by atoms with Gasteiger partial charge in [0, 0.05) is 19.0 Å². The molecule has 2 fully saturated rings. The van der Waals surface area contributed by atoms with E-state index in [4.69, 9.17) is 17.4 Å². The van der Waals surface area contributed by atoms with Gasteiger partial charge < -0.3 is 0 Å². The topological polar surface area (TPSA) is 55.9 Å². The van der Waals surface area contributed by atoms with Gasteiger partial charge in [-0.1, -0.05) is 18.0 Å². The molecule has 1 heterocycles. The molecule has 1 aromatic heterocycles. The van der Waals surface area contributed by atoms with Crippen LogP contribution in [-0.4, -0.2) is 15.8 Å². The lowest BCUT2D eigenvalue weighted by molar-refractivity contribution is 0.400. The van der Waals surface area contributed by atoms with Crippen LogP contribution in [-0.2, 0) is 13.0 Å². The Labute approximate surface area is 119 Å². The summed E-state index contributed by atoms with van der Waals surface area (Å²) in [4.78, 5) is 0. The van der Waals surface area contributed by atoms with Crippen LogP contribution >= 0.6 is 11.6 Å². The number of aromatic nitrogens is 2. The summed E-state index contributed by atoms with van der Waals surface area (Å²) in [7, 11) is 0. The number of nitrogens with zero attached hydrogens (tertiary/aromatic N) is 2. The van der Waals surface area contributed by atoms with Gasteiger partial charge in [0.2, 0.25) is 0 Å². The molecular weight excluding hydrogens is 260 g/mol. The molecule has 0 aliphatic heterocycles. The van der Waals surface area contributed by atoms with Gasteiger partial charge in [-0.25, -0.2) is 0 Å². The largest absolute Gasteiger partial charge is 0.271 e. The quantitative estimate of drug-likeness (QED) is 0.643. The van der Waals surface area contributed by atoms with E-state index in [2.05, 4.69) is 17.4 Å². The van der Waals surface area contributed by atoms with E-state index >= 15 is 0 Å². The van der Waals surface area contributed by atoms with Crippen LogP contribution in [0, 0.1) is 24.7 Å². The van der Waals surface area contributed by atoms with E-state index in [0.29, 0.717) is 6.04 Å². The van der Waals surface area contributed by atoms with Crippen LogP contribution < -0.4 is 11.3 Å². The molecule has 0 amide bonds. The maximum Gasteiger partial charge on any atom is 0.0847 e. The van der Waals surface area contributed by atoms with Gasteiger partial charge in [-0.05, 0) is 44.4 Å². The standard InChI is InChI=1S/C14H23ClN4/c1-3-19-12(14(15)8(2)18-19)7-11(17-16)13-9-5-4-6-10(9)13/h9-11,13,17H,3-7,16H2,1-2H3. The summed E-state index contributed by atoms with van der Waals surface area (Å²) in [6.07, 6.45) is 5.05. The molecule has 3 N–H and O–H groups in total. The van der Waals surface area contributed by atoms with E-state index < -0.39 is 0 Å². The van der Waals surface area contributed by atoms with Gasteiger partial charge in [0.1, 0.15) is 0 Å². The molecule has 0 radical (unpaired) electrons. The predicted molar refractivity (Wildman–Crippen MR) is 76.8 cm³/mol. The monoisotopic (exact) mass is 282 g/mol. The van der Waals surface area contributed by atoms with E-state index in [1.807, 2.05) is 11.6 Å². The Morgan fingerprint density at radius 2 is 2.16 bits per heavy atom. The van der Waals surface area contributed by atoms with Gasteiger partial charge >= 0.3 is 0 Å². The van der Waals surface area contributed by atoms with Crippen molar-refractivity contribution in [2.75, 3.05) is 0 Å². The molecule has 19 heavy (non-hydrogen) atoms. The van der Waals surface area contributed by atoms with Crippen LogP contribution in [0.1, 0.15) is 37.6 Å². The maximum atomic E-state index is 6.39. The molecule has 4 nitrogen and oxygen atoms in total. The normalized spacial score (nSPS) is 30.4. The fraction of sp³-hybridized carbons (Fsp3) is 0.786. The first-order chi connectivity index (χ1) is 9.17. The van der Waals surface area contributed by atoms with Crippen LogP contribution in [0.3, 0.4) is 0 Å². The molecule has 0 spiro atoms. The third-order valence-corrected chi connectivity index (χ3v) is 5.51. The number of aryl methyl sites for hydroxylation is 2. The van der Waals surface area contributed by atoms with Crippen molar-refractivity contribution in [1.29, 1.82) is 0 Å². The predicted octanol–water partition coefficient (Wildman–Crippen LogP) is 2.29. The minimum atomic E-state index is 0.342. The average Bonchev–Trinajstić information content (AvgIpc) is 2.78. The molecular formula is C14H23ClN4. The second-order valence-electron chi connectivity index (χ2n) is 5.98. The Hall–Kier alpha value is -0.580. The van der Waals surface area contributed by atoms with Crippen LogP contribution in [0.25, 0.3) is 0 Å². The van der Waals surface area contributed by atoms with Crippen molar-refractivity contribution in [3.8, 4) is 0 Å². The van der Waals surface area contributed by atoms with Gasteiger partial charge in [0.25, 0.3) is 0 Å². The lowest BCUT2D eigenvalue weighted by Crippen LogP contribution is -2.40. The Bertz CT molecular complexity index is 460. The summed E-state index contributed by atoms with van der Waals surface area (Å²) in [5.41, 5.74) is 5.08. The zero-order valence-corrected chi connectivity index (χ0v) is 12.5. The van der Waals surface area contributed by atoms with Crippen molar-refractivity contribution in [2.45, 2.75) is 52.1 Å². The highest BCUT2D eigenvalue weighted by atomic mass is 35.5. The summed E-state index contributed by atoms with van der Waals surface area (Å²) in [6.45, 7) is 4.93. The Balaban J connectivity index is 1.76. The van der Waals surface area contributed by atoms with Gasteiger partial charge in [-0.3, -0.25) is 16.0 Å². The number of nitrogens with two attached hydrogens (primary N) is 1. The van der Waals surface area contributed by atoms with Gasteiger partial charge in [0.15, 0.2) is 0 Å². The Morgan fingerprint density at radius 1 is 1.47 bits per heavy atom. The van der Waals surface area contributed by atoms with E-state index in [1.165, 1.54) is 19.3 Å². The molecule has 3 atom stereocenters. The zero-order valence-electron chi connectivity index (χ0n) is 11.7. The highest BCUT2D eigenvalue weighted by molar-refractivity contribution is 6.31. The smallest absolute Gasteiger partial charge is 0.0847 e. The molecule has 0 bridgehead atoms. The first-order valence-electron chi connectivity index (χ1n) is 7.35. The highest BCUT2D eigenvalue weighted by Gasteiger charge is 2.55. The minimum absolute atomic E-state index is 0.342. The van der Waals surface area contributed by atoms with Crippen molar-refractivity contribution >= 4 is 11.6 Å². The molecule has 0 saturated heterocycles. The zero-order chi connectivity index (χ0) is 13.6. The summed E-state index contributed by atoms with van der Waals surface area (Å²) >= 11 is 6.39. The molecule has 5 heteroatoms. The summed E-state index contributed by atoms with van der Waals surface area (Å²) < 4.78 is 2.01. The molecule has 2 aliphatic rings. The molecule has 0 aromatic carbocycles. The van der Waals surface area contributed by atoms with Crippen molar-refractivity contribution in [1.82, 2.24) is 15.2 Å². The van der Waals surface area contributed by atoms with E-state index in [0.717, 1.165) is 47.1 Å². The number of nitrogens with one attached hydrogen (secondary N) is 1. The summed E-state index contributed by atoms with van der Waals surface area (Å²) in [6, 6.07) is 0.342. The third kappa shape index (κ3) is 2.20. The molecule has 3 unspecified atom stereocenters. The second-order valence-corrected chi connectivity index (χ2v) is 6.35. The molecule has 2 aliphatic carbocycles. The molecule has 1 aromatic rings. The Kier molecular flexibility index (Phi) is 3.58. The van der Waals surface area contributed by atoms with Crippen LogP contribution in [0.4, 0.5) is 0 Å². The van der Waals surface area contributed by atoms with Gasteiger partial charge in [-0.15, -0.1) is 0 Å². The lowest BCUT2D eigenvalue weighted by Gasteiger charge is -2.18. The van der Waals surface area contributed by atoms with Crippen LogP contribution in [0.5, 0.6) is 0 Å². The van der Waals surface area contributed by atoms with E-state index in [-0.39, 0.29) is 0 Å². The molecule has 2 saturated carbocycles. The number of hydrogen-bond donors (Lipinski definition) is 2. The maximum absolute atomic E-state index is 6.39. The second kappa shape index (κ2) is 5.08. The van der Waals surface area contributed by atoms with Crippen LogP contribution in [0.15, 0.2) is 0 Å². The van der Waals surface area contributed by atoms with E-state index in [1.54, 1.807) is 0 Å². The lowest BCUT2D eigenvalue weighted by atomic mass is 10.00. The number of halogens is 1. The van der Waals surface area contributed by atoms with Gasteiger partial charge in [0.05, 0.1) is 16.4 Å². The molecule has 106 valence electrons. The first kappa shape index (κ1) is 13.4. The summed E-state index contributed by atoms with van der Waals surface area (Å²) in [5, 5.41) is 5.30. The molecule has 3 rings (SSSR count). The fourth-order valence-corrected chi connectivity index (χ4v) is 4.26. The van der Waals surface area contributed by atoms with Crippen molar-refractivity contribution in [2.24, 2.45) is 23.6 Å². The van der Waals surface area contributed by atoms with Crippen molar-refractivity contribution in [3.63, 3.8) is 0 Å². The summed E-state index contributed by atoms with van der Waals surface area (Å²) in [5.74, 6) is 8.34. The number of fused-ring (bicyclic) bond motifs is 1. The fourth-order valence-electron chi connectivity index (χ4n) is 4.05. The van der Waals surface area contributed by atoms with Crippen molar-refractivity contribution < 1.29 is 0 Å². The highest BCUT2D eigenvalue weighted by Crippen LogP contribution is 2.59. The number of hydrazine groups is 1.